The quantitative estimate of drug-likeness (QED) is 0.615. The Hall–Kier alpha value is -2.30. The maximum absolute atomic E-state index is 11.6. The number of carboxylic acids is 1. The van der Waals surface area contributed by atoms with E-state index in [9.17, 15) is 14.7 Å². The molecule has 0 heterocycles. The number of phenols is 1. The van der Waals surface area contributed by atoms with Gasteiger partial charge in [0.1, 0.15) is 5.75 Å². The van der Waals surface area contributed by atoms with E-state index in [1.165, 1.54) is 18.2 Å². The standard InChI is InChI=1S/C13H14O5/c1-2-18-13(17)10(8-12(15)16)6-9-4-3-5-11(14)7-9/h3-7,14H,2,8H2,1H3,(H,15,16). The van der Waals surface area contributed by atoms with Crippen LogP contribution in [0.1, 0.15) is 18.9 Å². The molecule has 0 aromatic heterocycles. The molecule has 0 aliphatic carbocycles. The molecule has 0 spiro atoms. The first kappa shape index (κ1) is 13.8. The van der Waals surface area contributed by atoms with Gasteiger partial charge in [0.2, 0.25) is 0 Å². The van der Waals surface area contributed by atoms with Gasteiger partial charge in [-0.15, -0.1) is 0 Å². The van der Waals surface area contributed by atoms with Gasteiger partial charge in [-0.2, -0.15) is 0 Å². The van der Waals surface area contributed by atoms with Crippen LogP contribution in [-0.2, 0) is 14.3 Å². The van der Waals surface area contributed by atoms with Gasteiger partial charge in [0.15, 0.2) is 0 Å². The van der Waals surface area contributed by atoms with Crippen LogP contribution in [0.5, 0.6) is 5.75 Å². The van der Waals surface area contributed by atoms with Crippen LogP contribution < -0.4 is 0 Å². The van der Waals surface area contributed by atoms with Gasteiger partial charge in [-0.25, -0.2) is 4.79 Å². The Labute approximate surface area is 104 Å². The molecule has 0 bridgehead atoms. The summed E-state index contributed by atoms with van der Waals surface area (Å²) in [5.74, 6) is -1.74. The molecular weight excluding hydrogens is 236 g/mol. The van der Waals surface area contributed by atoms with Crippen molar-refractivity contribution in [2.45, 2.75) is 13.3 Å². The molecule has 0 radical (unpaired) electrons. The predicted octanol–water partition coefficient (Wildman–Crippen LogP) is 1.81. The number of hydrogen-bond acceptors (Lipinski definition) is 4. The molecule has 5 nitrogen and oxygen atoms in total. The van der Waals surface area contributed by atoms with Crippen molar-refractivity contribution in [3.8, 4) is 5.75 Å². The first-order valence-electron chi connectivity index (χ1n) is 5.41. The van der Waals surface area contributed by atoms with Crippen LogP contribution in [0.3, 0.4) is 0 Å². The summed E-state index contributed by atoms with van der Waals surface area (Å²) in [6, 6.07) is 6.17. The van der Waals surface area contributed by atoms with Crippen molar-refractivity contribution >= 4 is 18.0 Å². The third-order valence-corrected chi connectivity index (χ3v) is 2.09. The minimum absolute atomic E-state index is 0.0370. The van der Waals surface area contributed by atoms with Gasteiger partial charge < -0.3 is 14.9 Å². The SMILES string of the molecule is CCOC(=O)C(=Cc1cccc(O)c1)CC(=O)O. The number of aromatic hydroxyl groups is 1. The minimum atomic E-state index is -1.12. The van der Waals surface area contributed by atoms with E-state index >= 15 is 0 Å². The molecule has 1 rings (SSSR count). The van der Waals surface area contributed by atoms with Crippen LogP contribution in [0, 0.1) is 0 Å². The molecule has 1 aromatic rings. The average Bonchev–Trinajstić information content (AvgIpc) is 2.28. The second-order valence-corrected chi connectivity index (χ2v) is 3.56. The summed E-state index contributed by atoms with van der Waals surface area (Å²) in [5.41, 5.74) is 0.578. The summed E-state index contributed by atoms with van der Waals surface area (Å²) >= 11 is 0. The number of hydrogen-bond donors (Lipinski definition) is 2. The summed E-state index contributed by atoms with van der Waals surface area (Å²) in [4.78, 5) is 22.2. The molecule has 0 saturated carbocycles. The van der Waals surface area contributed by atoms with Crippen LogP contribution in [0.15, 0.2) is 29.8 Å². The Kier molecular flexibility index (Phi) is 4.92. The third kappa shape index (κ3) is 4.29. The zero-order valence-corrected chi connectivity index (χ0v) is 9.92. The maximum atomic E-state index is 11.6. The maximum Gasteiger partial charge on any atom is 0.334 e. The fourth-order valence-corrected chi connectivity index (χ4v) is 1.38. The summed E-state index contributed by atoms with van der Waals surface area (Å²) in [6.07, 6.45) is 0.973. The van der Waals surface area contributed by atoms with E-state index in [1.54, 1.807) is 19.1 Å². The Morgan fingerprint density at radius 2 is 2.11 bits per heavy atom. The highest BCUT2D eigenvalue weighted by Gasteiger charge is 2.14. The van der Waals surface area contributed by atoms with Crippen LogP contribution in [0.25, 0.3) is 6.08 Å². The lowest BCUT2D eigenvalue weighted by molar-refractivity contribution is -0.142. The van der Waals surface area contributed by atoms with E-state index in [0.29, 0.717) is 5.56 Å². The summed E-state index contributed by atoms with van der Waals surface area (Å²) in [5, 5.41) is 18.0. The second-order valence-electron chi connectivity index (χ2n) is 3.56. The van der Waals surface area contributed by atoms with E-state index < -0.39 is 18.4 Å². The van der Waals surface area contributed by atoms with Crippen LogP contribution in [0.2, 0.25) is 0 Å². The average molecular weight is 250 g/mol. The lowest BCUT2D eigenvalue weighted by Crippen LogP contribution is -2.11. The number of ether oxygens (including phenoxy) is 1. The number of aliphatic carboxylic acids is 1. The Balaban J connectivity index is 3.01. The molecule has 2 N–H and O–H groups in total. The molecule has 0 amide bonds. The fraction of sp³-hybridized carbons (Fsp3) is 0.231. The molecule has 5 heteroatoms. The highest BCUT2D eigenvalue weighted by atomic mass is 16.5. The van der Waals surface area contributed by atoms with E-state index in [-0.39, 0.29) is 17.9 Å². The number of benzene rings is 1. The number of carboxylic acid groups (broad SMARTS) is 1. The van der Waals surface area contributed by atoms with Gasteiger partial charge in [-0.3, -0.25) is 4.79 Å². The van der Waals surface area contributed by atoms with Crippen molar-refractivity contribution in [1.29, 1.82) is 0 Å². The topological polar surface area (TPSA) is 83.8 Å². The molecule has 0 fully saturated rings. The van der Waals surface area contributed by atoms with Gasteiger partial charge in [-0.05, 0) is 30.7 Å². The molecule has 0 atom stereocenters. The number of phenolic OH excluding ortho intramolecular Hbond substituents is 1. The number of rotatable bonds is 5. The normalized spacial score (nSPS) is 11.1. The van der Waals surface area contributed by atoms with Gasteiger partial charge >= 0.3 is 11.9 Å². The van der Waals surface area contributed by atoms with Gasteiger partial charge in [-0.1, -0.05) is 12.1 Å². The van der Waals surface area contributed by atoms with Crippen LogP contribution in [-0.4, -0.2) is 28.8 Å². The van der Waals surface area contributed by atoms with E-state index in [0.717, 1.165) is 0 Å². The monoisotopic (exact) mass is 250 g/mol. The number of carbonyl (C=O) groups excluding carboxylic acids is 1. The zero-order valence-electron chi connectivity index (χ0n) is 9.92. The highest BCUT2D eigenvalue weighted by Crippen LogP contribution is 2.16. The molecule has 0 unspecified atom stereocenters. The molecule has 1 aromatic carbocycles. The minimum Gasteiger partial charge on any atom is -0.508 e. The lowest BCUT2D eigenvalue weighted by Gasteiger charge is -2.05. The molecular formula is C13H14O5. The Bertz CT molecular complexity index is 476. The van der Waals surface area contributed by atoms with E-state index in [4.69, 9.17) is 9.84 Å². The predicted molar refractivity (Wildman–Crippen MR) is 65.0 cm³/mol. The van der Waals surface area contributed by atoms with Crippen LogP contribution >= 0.6 is 0 Å². The van der Waals surface area contributed by atoms with E-state index in [2.05, 4.69) is 0 Å². The third-order valence-electron chi connectivity index (χ3n) is 2.09. The van der Waals surface area contributed by atoms with Crippen molar-refractivity contribution in [2.75, 3.05) is 6.61 Å². The Morgan fingerprint density at radius 1 is 1.39 bits per heavy atom. The molecule has 18 heavy (non-hydrogen) atoms. The summed E-state index contributed by atoms with van der Waals surface area (Å²) in [7, 11) is 0. The largest absolute Gasteiger partial charge is 0.508 e. The van der Waals surface area contributed by atoms with Crippen LogP contribution in [0.4, 0.5) is 0 Å². The molecule has 0 saturated heterocycles. The van der Waals surface area contributed by atoms with Gasteiger partial charge in [0.25, 0.3) is 0 Å². The zero-order chi connectivity index (χ0) is 13.5. The summed E-state index contributed by atoms with van der Waals surface area (Å²) < 4.78 is 4.77. The van der Waals surface area contributed by atoms with Crippen molar-refractivity contribution in [3.05, 3.63) is 35.4 Å². The van der Waals surface area contributed by atoms with Crippen molar-refractivity contribution in [2.24, 2.45) is 0 Å². The second kappa shape index (κ2) is 6.44. The van der Waals surface area contributed by atoms with Crippen molar-refractivity contribution < 1.29 is 24.5 Å². The molecule has 0 aliphatic heterocycles. The van der Waals surface area contributed by atoms with Crippen molar-refractivity contribution in [1.82, 2.24) is 0 Å². The van der Waals surface area contributed by atoms with Gasteiger partial charge in [0.05, 0.1) is 13.0 Å². The molecule has 96 valence electrons. The van der Waals surface area contributed by atoms with Gasteiger partial charge in [0, 0.05) is 5.57 Å². The first-order chi connectivity index (χ1) is 8.52. The summed E-state index contributed by atoms with van der Waals surface area (Å²) in [6.45, 7) is 1.82. The highest BCUT2D eigenvalue weighted by molar-refractivity contribution is 5.98. The smallest absolute Gasteiger partial charge is 0.334 e. The number of esters is 1. The molecule has 0 aliphatic rings. The Morgan fingerprint density at radius 3 is 2.67 bits per heavy atom. The number of carbonyl (C=O) groups is 2. The fourth-order valence-electron chi connectivity index (χ4n) is 1.38. The van der Waals surface area contributed by atoms with E-state index in [1.807, 2.05) is 0 Å². The lowest BCUT2D eigenvalue weighted by atomic mass is 10.1. The first-order valence-corrected chi connectivity index (χ1v) is 5.41. The van der Waals surface area contributed by atoms with Crippen molar-refractivity contribution in [3.63, 3.8) is 0 Å².